The number of carbonyl (C=O) groups is 1. The van der Waals surface area contributed by atoms with Gasteiger partial charge in [0.25, 0.3) is 0 Å². The van der Waals surface area contributed by atoms with Crippen LogP contribution >= 0.6 is 0 Å². The molecule has 58 valence electrons. The van der Waals surface area contributed by atoms with Gasteiger partial charge in [-0.3, -0.25) is 9.69 Å². The molecule has 2 atom stereocenters. The lowest BCUT2D eigenvalue weighted by Crippen LogP contribution is -2.32. The summed E-state index contributed by atoms with van der Waals surface area (Å²) >= 11 is 0. The second kappa shape index (κ2) is 2.56. The molecule has 1 aliphatic heterocycles. The van der Waals surface area contributed by atoms with Gasteiger partial charge in [0, 0.05) is 12.6 Å². The summed E-state index contributed by atoms with van der Waals surface area (Å²) in [5.41, 5.74) is 5.55. The standard InChI is InChI=1S/C6H12N2O2/c1-8-3-4(7)2-5(8)6(9)10/h4-5H,2-3,7H2,1H3,(H,9,10)/t4?,5-/m0/s1. The zero-order valence-electron chi connectivity index (χ0n) is 5.95. The maximum Gasteiger partial charge on any atom is 0.320 e. The molecule has 1 heterocycles. The summed E-state index contributed by atoms with van der Waals surface area (Å²) in [6.07, 6.45) is 0.575. The van der Waals surface area contributed by atoms with Gasteiger partial charge in [-0.1, -0.05) is 0 Å². The Kier molecular flexibility index (Phi) is 1.92. The van der Waals surface area contributed by atoms with Crippen molar-refractivity contribution >= 4 is 5.97 Å². The Hall–Kier alpha value is -0.610. The largest absolute Gasteiger partial charge is 0.480 e. The minimum Gasteiger partial charge on any atom is -0.480 e. The molecule has 4 nitrogen and oxygen atoms in total. The number of likely N-dealkylation sites (tertiary alicyclic amines) is 1. The van der Waals surface area contributed by atoms with E-state index >= 15 is 0 Å². The van der Waals surface area contributed by atoms with Crippen molar-refractivity contribution in [3.63, 3.8) is 0 Å². The molecule has 1 rings (SSSR count). The quantitative estimate of drug-likeness (QED) is 0.500. The smallest absolute Gasteiger partial charge is 0.320 e. The zero-order valence-corrected chi connectivity index (χ0v) is 5.95. The van der Waals surface area contributed by atoms with Crippen LogP contribution in [0.1, 0.15) is 6.42 Å². The minimum atomic E-state index is -0.768. The zero-order chi connectivity index (χ0) is 7.72. The lowest BCUT2D eigenvalue weighted by molar-refractivity contribution is -0.141. The Morgan fingerprint density at radius 1 is 1.80 bits per heavy atom. The Balaban J connectivity index is 2.54. The van der Waals surface area contributed by atoms with Crippen LogP contribution in [-0.4, -0.2) is 41.7 Å². The van der Waals surface area contributed by atoms with Crippen LogP contribution in [-0.2, 0) is 4.79 Å². The summed E-state index contributed by atoms with van der Waals surface area (Å²) in [5, 5.41) is 8.60. The van der Waals surface area contributed by atoms with Crippen LogP contribution in [0.5, 0.6) is 0 Å². The first-order valence-electron chi connectivity index (χ1n) is 3.30. The highest BCUT2D eigenvalue weighted by Crippen LogP contribution is 2.13. The number of hydrogen-bond acceptors (Lipinski definition) is 3. The second-order valence-corrected chi connectivity index (χ2v) is 2.79. The van der Waals surface area contributed by atoms with E-state index in [0.717, 1.165) is 0 Å². The first-order valence-corrected chi connectivity index (χ1v) is 3.30. The van der Waals surface area contributed by atoms with Gasteiger partial charge in [0.1, 0.15) is 6.04 Å². The van der Waals surface area contributed by atoms with Crippen LogP contribution in [0.2, 0.25) is 0 Å². The summed E-state index contributed by atoms with van der Waals surface area (Å²) in [7, 11) is 1.78. The van der Waals surface area contributed by atoms with Crippen molar-refractivity contribution in [2.75, 3.05) is 13.6 Å². The van der Waals surface area contributed by atoms with Crippen molar-refractivity contribution in [1.82, 2.24) is 4.90 Å². The van der Waals surface area contributed by atoms with Crippen molar-refractivity contribution in [3.8, 4) is 0 Å². The number of likely N-dealkylation sites (N-methyl/N-ethyl adjacent to an activating group) is 1. The number of carboxylic acid groups (broad SMARTS) is 1. The Morgan fingerprint density at radius 3 is 2.60 bits per heavy atom. The third kappa shape index (κ3) is 1.27. The SMILES string of the molecule is CN1CC(N)C[C@H]1C(=O)O. The number of carboxylic acids is 1. The van der Waals surface area contributed by atoms with E-state index in [2.05, 4.69) is 0 Å². The highest BCUT2D eigenvalue weighted by atomic mass is 16.4. The molecule has 0 aromatic carbocycles. The molecular formula is C6H12N2O2. The van der Waals surface area contributed by atoms with Crippen molar-refractivity contribution in [2.45, 2.75) is 18.5 Å². The van der Waals surface area contributed by atoms with Crippen molar-refractivity contribution < 1.29 is 9.90 Å². The van der Waals surface area contributed by atoms with E-state index in [-0.39, 0.29) is 12.1 Å². The van der Waals surface area contributed by atoms with E-state index in [0.29, 0.717) is 13.0 Å². The third-order valence-corrected chi connectivity index (χ3v) is 1.87. The molecule has 0 radical (unpaired) electrons. The maximum atomic E-state index is 10.5. The summed E-state index contributed by atoms with van der Waals surface area (Å²) in [6, 6.07) is -0.332. The third-order valence-electron chi connectivity index (χ3n) is 1.87. The second-order valence-electron chi connectivity index (χ2n) is 2.79. The van der Waals surface area contributed by atoms with Crippen LogP contribution < -0.4 is 5.73 Å². The van der Waals surface area contributed by atoms with Crippen molar-refractivity contribution in [3.05, 3.63) is 0 Å². The molecule has 0 aliphatic carbocycles. The summed E-state index contributed by atoms with van der Waals surface area (Å²) in [5.74, 6) is -0.768. The maximum absolute atomic E-state index is 10.5. The normalized spacial score (nSPS) is 34.6. The molecule has 0 saturated carbocycles. The van der Waals surface area contributed by atoms with Crippen LogP contribution in [0.4, 0.5) is 0 Å². The van der Waals surface area contributed by atoms with Crippen LogP contribution in [0, 0.1) is 0 Å². The van der Waals surface area contributed by atoms with E-state index in [4.69, 9.17) is 10.8 Å². The predicted octanol–water partition coefficient (Wildman–Crippen LogP) is -0.898. The molecule has 1 unspecified atom stereocenters. The summed E-state index contributed by atoms with van der Waals surface area (Å²) in [6.45, 7) is 0.691. The number of rotatable bonds is 1. The van der Waals surface area contributed by atoms with Crippen molar-refractivity contribution in [1.29, 1.82) is 0 Å². The molecule has 4 heteroatoms. The molecule has 1 aliphatic rings. The lowest BCUT2D eigenvalue weighted by Gasteiger charge is -2.12. The average Bonchev–Trinajstić information content (AvgIpc) is 2.10. The Labute approximate surface area is 59.6 Å². The van der Waals surface area contributed by atoms with Gasteiger partial charge in [-0.25, -0.2) is 0 Å². The Morgan fingerprint density at radius 2 is 2.40 bits per heavy atom. The molecule has 0 spiro atoms. The van der Waals surface area contributed by atoms with Gasteiger partial charge in [0.2, 0.25) is 0 Å². The predicted molar refractivity (Wildman–Crippen MR) is 36.6 cm³/mol. The van der Waals surface area contributed by atoms with E-state index < -0.39 is 5.97 Å². The van der Waals surface area contributed by atoms with Gasteiger partial charge in [-0.05, 0) is 13.5 Å². The fourth-order valence-corrected chi connectivity index (χ4v) is 1.33. The van der Waals surface area contributed by atoms with Gasteiger partial charge in [-0.2, -0.15) is 0 Å². The molecule has 3 N–H and O–H groups in total. The summed E-state index contributed by atoms with van der Waals surface area (Å²) in [4.78, 5) is 12.2. The molecule has 1 saturated heterocycles. The number of nitrogens with two attached hydrogens (primary N) is 1. The van der Waals surface area contributed by atoms with Gasteiger partial charge in [0.05, 0.1) is 0 Å². The monoisotopic (exact) mass is 144 g/mol. The minimum absolute atomic E-state index is 0.0334. The Bertz CT molecular complexity index is 149. The van der Waals surface area contributed by atoms with Crippen molar-refractivity contribution in [2.24, 2.45) is 5.73 Å². The molecule has 1 fully saturated rings. The van der Waals surface area contributed by atoms with E-state index in [9.17, 15) is 4.79 Å². The number of nitrogens with zero attached hydrogens (tertiary/aromatic N) is 1. The van der Waals surface area contributed by atoms with Gasteiger partial charge >= 0.3 is 5.97 Å². The number of hydrogen-bond donors (Lipinski definition) is 2. The summed E-state index contributed by atoms with van der Waals surface area (Å²) < 4.78 is 0. The van der Waals surface area contributed by atoms with Crippen LogP contribution in [0.25, 0.3) is 0 Å². The first-order chi connectivity index (χ1) is 4.61. The highest BCUT2D eigenvalue weighted by Gasteiger charge is 2.31. The average molecular weight is 144 g/mol. The molecule has 10 heavy (non-hydrogen) atoms. The van der Waals surface area contributed by atoms with Gasteiger partial charge in [-0.15, -0.1) is 0 Å². The van der Waals surface area contributed by atoms with E-state index in [1.54, 1.807) is 11.9 Å². The highest BCUT2D eigenvalue weighted by molar-refractivity contribution is 5.73. The van der Waals surface area contributed by atoms with Gasteiger partial charge in [0.15, 0.2) is 0 Å². The topological polar surface area (TPSA) is 66.6 Å². The van der Waals surface area contributed by atoms with E-state index in [1.165, 1.54) is 0 Å². The molecule has 0 aromatic heterocycles. The van der Waals surface area contributed by atoms with Crippen LogP contribution in [0.3, 0.4) is 0 Å². The van der Waals surface area contributed by atoms with Gasteiger partial charge < -0.3 is 10.8 Å². The lowest BCUT2D eigenvalue weighted by atomic mass is 10.2. The molecule has 0 aromatic rings. The number of aliphatic carboxylic acids is 1. The molecule has 0 amide bonds. The fourth-order valence-electron chi connectivity index (χ4n) is 1.33. The molecular weight excluding hydrogens is 132 g/mol. The van der Waals surface area contributed by atoms with Crippen LogP contribution in [0.15, 0.2) is 0 Å². The first kappa shape index (κ1) is 7.50. The van der Waals surface area contributed by atoms with E-state index in [1.807, 2.05) is 0 Å². The molecule has 0 bridgehead atoms. The fraction of sp³-hybridized carbons (Fsp3) is 0.833.